The molecule has 2 aromatic heterocycles. The topological polar surface area (TPSA) is 73.6 Å². The SMILES string of the molecule is O=C(N[C@@H]1C[C@H]2CCN(C2)C1)c1cc2c(N3CCNCC3)coc2cn1. The summed E-state index contributed by atoms with van der Waals surface area (Å²) in [4.78, 5) is 21.8. The number of pyridine rings is 1. The maximum atomic E-state index is 12.8. The number of nitrogens with one attached hydrogen (secondary N) is 2. The van der Waals surface area contributed by atoms with Crippen molar-refractivity contribution >= 4 is 22.6 Å². The molecule has 3 atom stereocenters. The molecule has 0 aromatic carbocycles. The van der Waals surface area contributed by atoms with Crippen LogP contribution in [0.5, 0.6) is 0 Å². The molecular formula is C19H25N5O2. The average Bonchev–Trinajstić information content (AvgIpc) is 3.24. The minimum Gasteiger partial charge on any atom is -0.460 e. The van der Waals surface area contributed by atoms with Crippen molar-refractivity contribution in [3.05, 3.63) is 24.2 Å². The monoisotopic (exact) mass is 355 g/mol. The molecule has 0 saturated carbocycles. The van der Waals surface area contributed by atoms with Gasteiger partial charge in [0.15, 0.2) is 5.58 Å². The van der Waals surface area contributed by atoms with E-state index in [2.05, 4.69) is 25.4 Å². The van der Waals surface area contributed by atoms with E-state index < -0.39 is 0 Å². The Balaban J connectivity index is 1.35. The first kappa shape index (κ1) is 16.1. The first-order valence-corrected chi connectivity index (χ1v) is 9.62. The van der Waals surface area contributed by atoms with Gasteiger partial charge >= 0.3 is 0 Å². The van der Waals surface area contributed by atoms with Crippen LogP contribution in [0.15, 0.2) is 22.9 Å². The molecule has 1 unspecified atom stereocenters. The van der Waals surface area contributed by atoms with Gasteiger partial charge in [0.05, 0.1) is 11.9 Å². The molecule has 0 aliphatic carbocycles. The lowest BCUT2D eigenvalue weighted by atomic mass is 9.97. The lowest BCUT2D eigenvalue weighted by Gasteiger charge is -2.30. The van der Waals surface area contributed by atoms with Crippen molar-refractivity contribution in [2.75, 3.05) is 50.7 Å². The highest BCUT2D eigenvalue weighted by Gasteiger charge is 2.33. The molecule has 3 saturated heterocycles. The van der Waals surface area contributed by atoms with Crippen LogP contribution in [-0.4, -0.2) is 67.6 Å². The summed E-state index contributed by atoms with van der Waals surface area (Å²) in [5, 5.41) is 7.53. The van der Waals surface area contributed by atoms with Crippen LogP contribution in [0.25, 0.3) is 11.0 Å². The van der Waals surface area contributed by atoms with E-state index in [0.717, 1.165) is 61.7 Å². The normalized spacial score (nSPS) is 28.5. The third-order valence-electron chi connectivity index (χ3n) is 5.93. The molecular weight excluding hydrogens is 330 g/mol. The van der Waals surface area contributed by atoms with E-state index in [0.29, 0.717) is 5.69 Å². The highest BCUT2D eigenvalue weighted by Crippen LogP contribution is 2.30. The first-order valence-electron chi connectivity index (χ1n) is 9.62. The van der Waals surface area contributed by atoms with Crippen LogP contribution in [0.4, 0.5) is 5.69 Å². The van der Waals surface area contributed by atoms with Crippen LogP contribution in [0.1, 0.15) is 23.3 Å². The molecule has 3 aliphatic heterocycles. The van der Waals surface area contributed by atoms with Gasteiger partial charge in [-0.05, 0) is 31.4 Å². The Labute approximate surface area is 152 Å². The van der Waals surface area contributed by atoms with Crippen LogP contribution in [0, 0.1) is 5.92 Å². The van der Waals surface area contributed by atoms with Gasteiger partial charge in [0, 0.05) is 50.7 Å². The molecule has 1 amide bonds. The third kappa shape index (κ3) is 2.95. The van der Waals surface area contributed by atoms with Crippen LogP contribution >= 0.6 is 0 Å². The minimum atomic E-state index is -0.0770. The maximum absolute atomic E-state index is 12.8. The van der Waals surface area contributed by atoms with Crippen molar-refractivity contribution in [2.24, 2.45) is 5.92 Å². The molecule has 5 heterocycles. The molecule has 0 radical (unpaired) electrons. The molecule has 2 bridgehead atoms. The standard InChI is InChI=1S/C19H25N5O2/c25-19(22-14-7-13-1-4-23(10-13)11-14)16-8-15-17(12-26-18(15)9-21-16)24-5-2-20-3-6-24/h8-9,12-14,20H,1-7,10-11H2,(H,22,25)/t13-,14-/m1/s1. The summed E-state index contributed by atoms with van der Waals surface area (Å²) in [5.74, 6) is 0.657. The van der Waals surface area contributed by atoms with Crippen molar-refractivity contribution in [3.8, 4) is 0 Å². The summed E-state index contributed by atoms with van der Waals surface area (Å²) in [7, 11) is 0. The van der Waals surface area contributed by atoms with Crippen LogP contribution in [0.2, 0.25) is 0 Å². The molecule has 2 aromatic rings. The van der Waals surface area contributed by atoms with Gasteiger partial charge in [-0.25, -0.2) is 4.98 Å². The quantitative estimate of drug-likeness (QED) is 0.858. The summed E-state index contributed by atoms with van der Waals surface area (Å²) < 4.78 is 5.66. The van der Waals surface area contributed by atoms with Crippen LogP contribution in [0.3, 0.4) is 0 Å². The second-order valence-electron chi connectivity index (χ2n) is 7.74. The number of furan rings is 1. The van der Waals surface area contributed by atoms with E-state index in [1.165, 1.54) is 19.5 Å². The summed E-state index contributed by atoms with van der Waals surface area (Å²) in [6.45, 7) is 7.14. The molecule has 3 aliphatic rings. The van der Waals surface area contributed by atoms with Crippen molar-refractivity contribution in [1.82, 2.24) is 20.5 Å². The minimum absolute atomic E-state index is 0.0770. The zero-order valence-corrected chi connectivity index (χ0v) is 14.9. The van der Waals surface area contributed by atoms with Gasteiger partial charge in [-0.1, -0.05) is 0 Å². The average molecular weight is 355 g/mol. The van der Waals surface area contributed by atoms with Crippen molar-refractivity contribution in [1.29, 1.82) is 0 Å². The first-order chi connectivity index (χ1) is 12.8. The van der Waals surface area contributed by atoms with E-state index >= 15 is 0 Å². The molecule has 7 nitrogen and oxygen atoms in total. The van der Waals surface area contributed by atoms with Gasteiger partial charge in [0.25, 0.3) is 5.91 Å². The zero-order chi connectivity index (χ0) is 17.5. The number of anilines is 1. The fourth-order valence-corrected chi connectivity index (χ4v) is 4.62. The number of aromatic nitrogens is 1. The zero-order valence-electron chi connectivity index (χ0n) is 14.9. The number of piperidine rings is 1. The van der Waals surface area contributed by atoms with Gasteiger partial charge in [0.1, 0.15) is 12.0 Å². The maximum Gasteiger partial charge on any atom is 0.270 e. The van der Waals surface area contributed by atoms with Gasteiger partial charge in [-0.3, -0.25) is 4.79 Å². The molecule has 0 spiro atoms. The largest absolute Gasteiger partial charge is 0.460 e. The number of carbonyl (C=O) groups excluding carboxylic acids is 1. The Hall–Kier alpha value is -2.12. The van der Waals surface area contributed by atoms with Gasteiger partial charge in [0.2, 0.25) is 0 Å². The van der Waals surface area contributed by atoms with Crippen molar-refractivity contribution in [3.63, 3.8) is 0 Å². The van der Waals surface area contributed by atoms with Crippen LogP contribution in [-0.2, 0) is 0 Å². The second kappa shape index (κ2) is 6.55. The van der Waals surface area contributed by atoms with Gasteiger partial charge < -0.3 is 24.9 Å². The third-order valence-corrected chi connectivity index (χ3v) is 5.93. The number of carbonyl (C=O) groups is 1. The summed E-state index contributed by atoms with van der Waals surface area (Å²) in [6, 6.07) is 2.11. The van der Waals surface area contributed by atoms with E-state index in [-0.39, 0.29) is 11.9 Å². The molecule has 3 fully saturated rings. The second-order valence-corrected chi connectivity index (χ2v) is 7.74. The summed E-state index contributed by atoms with van der Waals surface area (Å²) >= 11 is 0. The van der Waals surface area contributed by atoms with E-state index in [1.807, 2.05) is 6.07 Å². The fraction of sp³-hybridized carbons (Fsp3) is 0.579. The van der Waals surface area contributed by atoms with Crippen molar-refractivity contribution in [2.45, 2.75) is 18.9 Å². The summed E-state index contributed by atoms with van der Waals surface area (Å²) in [5.41, 5.74) is 2.26. The van der Waals surface area contributed by atoms with E-state index in [1.54, 1.807) is 12.5 Å². The Morgan fingerprint density at radius 1 is 1.27 bits per heavy atom. The number of hydrogen-bond donors (Lipinski definition) is 2. The smallest absolute Gasteiger partial charge is 0.270 e. The van der Waals surface area contributed by atoms with Gasteiger partial charge in [-0.2, -0.15) is 0 Å². The number of piperazine rings is 1. The summed E-state index contributed by atoms with van der Waals surface area (Å²) in [6.07, 6.45) is 5.80. The molecule has 26 heavy (non-hydrogen) atoms. The Morgan fingerprint density at radius 2 is 2.15 bits per heavy atom. The number of amides is 1. The van der Waals surface area contributed by atoms with Crippen molar-refractivity contribution < 1.29 is 9.21 Å². The lowest BCUT2D eigenvalue weighted by molar-refractivity contribution is 0.0904. The predicted molar refractivity (Wildman–Crippen MR) is 99.5 cm³/mol. The Kier molecular flexibility index (Phi) is 4.05. The van der Waals surface area contributed by atoms with Crippen LogP contribution < -0.4 is 15.5 Å². The number of rotatable bonds is 3. The molecule has 5 rings (SSSR count). The highest BCUT2D eigenvalue weighted by molar-refractivity contribution is 5.99. The fourth-order valence-electron chi connectivity index (χ4n) is 4.62. The molecule has 2 N–H and O–H groups in total. The number of fused-ring (bicyclic) bond motifs is 3. The van der Waals surface area contributed by atoms with Gasteiger partial charge in [-0.15, -0.1) is 0 Å². The highest BCUT2D eigenvalue weighted by atomic mass is 16.3. The lowest BCUT2D eigenvalue weighted by Crippen LogP contribution is -2.47. The number of hydrogen-bond acceptors (Lipinski definition) is 6. The van der Waals surface area contributed by atoms with E-state index in [4.69, 9.17) is 4.42 Å². The molecule has 7 heteroatoms. The molecule has 138 valence electrons. The predicted octanol–water partition coefficient (Wildman–Crippen LogP) is 1.06. The van der Waals surface area contributed by atoms with E-state index in [9.17, 15) is 4.79 Å². The Morgan fingerprint density at radius 3 is 3.00 bits per heavy atom. The number of nitrogens with zero attached hydrogens (tertiary/aromatic N) is 3. The Bertz CT molecular complexity index is 801.